The van der Waals surface area contributed by atoms with Crippen LogP contribution < -0.4 is 5.73 Å². The summed E-state index contributed by atoms with van der Waals surface area (Å²) in [6.45, 7) is 5.42. The van der Waals surface area contributed by atoms with Gasteiger partial charge in [-0.2, -0.15) is 0 Å². The zero-order valence-electron chi connectivity index (χ0n) is 7.13. The monoisotopic (exact) mass is 181 g/mol. The van der Waals surface area contributed by atoms with E-state index in [0.717, 1.165) is 0 Å². The highest BCUT2D eigenvalue weighted by Crippen LogP contribution is 2.17. The molecule has 3 nitrogen and oxygen atoms in total. The lowest BCUT2D eigenvalue weighted by atomic mass is 9.85. The third-order valence-electron chi connectivity index (χ3n) is 2.01. The predicted octanol–water partition coefficient (Wildman–Crippen LogP) is 1.26. The van der Waals surface area contributed by atoms with E-state index >= 15 is 0 Å². The third-order valence-corrected chi connectivity index (χ3v) is 2.01. The summed E-state index contributed by atoms with van der Waals surface area (Å²) in [7, 11) is 0. The van der Waals surface area contributed by atoms with Crippen molar-refractivity contribution in [1.82, 2.24) is 0 Å². The molecule has 1 atom stereocenters. The number of nitrogens with two attached hydrogens (primary N) is 1. The van der Waals surface area contributed by atoms with Crippen LogP contribution >= 0.6 is 12.4 Å². The quantitative estimate of drug-likeness (QED) is 0.689. The summed E-state index contributed by atoms with van der Waals surface area (Å²) >= 11 is 0. The van der Waals surface area contributed by atoms with Crippen LogP contribution in [0.15, 0.2) is 0 Å². The molecule has 0 unspecified atom stereocenters. The van der Waals surface area contributed by atoms with E-state index in [-0.39, 0.29) is 18.3 Å². The fraction of sp³-hybridized carbons (Fsp3) is 0.857. The van der Waals surface area contributed by atoms with Gasteiger partial charge in [-0.25, -0.2) is 0 Å². The topological polar surface area (TPSA) is 63.3 Å². The van der Waals surface area contributed by atoms with Gasteiger partial charge in [0, 0.05) is 0 Å². The first-order chi connectivity index (χ1) is 4.45. The number of carbonyl (C=O) groups is 1. The molecule has 68 valence electrons. The normalized spacial score (nSPS) is 15.4. The van der Waals surface area contributed by atoms with Crippen molar-refractivity contribution in [2.75, 3.05) is 0 Å². The Morgan fingerprint density at radius 2 is 2.00 bits per heavy atom. The maximum atomic E-state index is 10.6. The highest BCUT2D eigenvalue weighted by Gasteiger charge is 2.35. The van der Waals surface area contributed by atoms with Crippen molar-refractivity contribution in [2.45, 2.75) is 32.7 Å². The maximum absolute atomic E-state index is 10.6. The van der Waals surface area contributed by atoms with Gasteiger partial charge in [0.2, 0.25) is 0 Å². The predicted molar refractivity (Wildman–Crippen MR) is 46.9 cm³/mol. The van der Waals surface area contributed by atoms with Crippen LogP contribution in [0, 0.1) is 5.92 Å². The van der Waals surface area contributed by atoms with Gasteiger partial charge in [0.15, 0.2) is 0 Å². The van der Waals surface area contributed by atoms with E-state index in [1.54, 1.807) is 6.92 Å². The molecule has 0 rings (SSSR count). The molecule has 3 N–H and O–H groups in total. The Morgan fingerprint density at radius 3 is 2.00 bits per heavy atom. The molecule has 4 heteroatoms. The van der Waals surface area contributed by atoms with E-state index in [1.165, 1.54) is 0 Å². The second-order valence-corrected chi connectivity index (χ2v) is 2.85. The van der Waals surface area contributed by atoms with Gasteiger partial charge in [-0.15, -0.1) is 12.4 Å². The van der Waals surface area contributed by atoms with Crippen molar-refractivity contribution in [1.29, 1.82) is 0 Å². The number of rotatable bonds is 3. The van der Waals surface area contributed by atoms with E-state index in [2.05, 4.69) is 0 Å². The number of carboxylic acids is 1. The Balaban J connectivity index is 0. The fourth-order valence-electron chi connectivity index (χ4n) is 0.806. The van der Waals surface area contributed by atoms with E-state index in [4.69, 9.17) is 10.8 Å². The Hall–Kier alpha value is -0.280. The molecule has 0 bridgehead atoms. The lowest BCUT2D eigenvalue weighted by Gasteiger charge is -2.26. The molecule has 0 aromatic heterocycles. The molecular formula is C7H16ClNO2. The highest BCUT2D eigenvalue weighted by atomic mass is 35.5. The molecule has 0 aliphatic rings. The molecule has 0 saturated heterocycles. The summed E-state index contributed by atoms with van der Waals surface area (Å²) in [6, 6.07) is 0. The number of halogens is 1. The number of hydrogen-bond donors (Lipinski definition) is 2. The molecule has 0 spiro atoms. The minimum atomic E-state index is -1.04. The molecule has 0 amide bonds. The Bertz CT molecular complexity index is 138. The van der Waals surface area contributed by atoms with Crippen LogP contribution in [0.3, 0.4) is 0 Å². The summed E-state index contributed by atoms with van der Waals surface area (Å²) < 4.78 is 0. The van der Waals surface area contributed by atoms with E-state index in [9.17, 15) is 4.79 Å². The lowest BCUT2D eigenvalue weighted by molar-refractivity contribution is -0.145. The van der Waals surface area contributed by atoms with Gasteiger partial charge in [-0.3, -0.25) is 4.79 Å². The fourth-order valence-corrected chi connectivity index (χ4v) is 0.806. The van der Waals surface area contributed by atoms with Gasteiger partial charge in [0.1, 0.15) is 5.54 Å². The van der Waals surface area contributed by atoms with Crippen molar-refractivity contribution in [3.63, 3.8) is 0 Å². The zero-order valence-corrected chi connectivity index (χ0v) is 7.94. The molecule has 11 heavy (non-hydrogen) atoms. The Morgan fingerprint density at radius 1 is 1.64 bits per heavy atom. The molecule has 0 aromatic carbocycles. The van der Waals surface area contributed by atoms with Gasteiger partial charge in [-0.05, 0) is 12.3 Å². The molecule has 0 radical (unpaired) electrons. The van der Waals surface area contributed by atoms with Crippen molar-refractivity contribution >= 4 is 18.4 Å². The molecular weight excluding hydrogens is 166 g/mol. The summed E-state index contributed by atoms with van der Waals surface area (Å²) in [4.78, 5) is 10.6. The van der Waals surface area contributed by atoms with Crippen LogP contribution in [-0.4, -0.2) is 16.6 Å². The van der Waals surface area contributed by atoms with Crippen LogP contribution in [0.2, 0.25) is 0 Å². The summed E-state index contributed by atoms with van der Waals surface area (Å²) in [5.41, 5.74) is 4.54. The molecule has 0 fully saturated rings. The van der Waals surface area contributed by atoms with E-state index < -0.39 is 11.5 Å². The third kappa shape index (κ3) is 2.67. The largest absolute Gasteiger partial charge is 0.480 e. The van der Waals surface area contributed by atoms with Gasteiger partial charge >= 0.3 is 5.97 Å². The molecule has 0 aromatic rings. The molecule has 0 aliphatic heterocycles. The van der Waals surface area contributed by atoms with Crippen molar-refractivity contribution < 1.29 is 9.90 Å². The summed E-state index contributed by atoms with van der Waals surface area (Å²) in [5.74, 6) is -0.931. The average Bonchev–Trinajstić information content (AvgIpc) is 1.85. The van der Waals surface area contributed by atoms with Crippen LogP contribution in [0.4, 0.5) is 0 Å². The second-order valence-electron chi connectivity index (χ2n) is 2.85. The van der Waals surface area contributed by atoms with Crippen molar-refractivity contribution in [3.8, 4) is 0 Å². The molecule has 0 heterocycles. The Kier molecular flexibility index (Phi) is 5.53. The van der Waals surface area contributed by atoms with Gasteiger partial charge in [0.25, 0.3) is 0 Å². The van der Waals surface area contributed by atoms with Gasteiger partial charge < -0.3 is 10.8 Å². The number of aliphatic carboxylic acids is 1. The van der Waals surface area contributed by atoms with Crippen LogP contribution in [0.25, 0.3) is 0 Å². The zero-order chi connectivity index (χ0) is 8.36. The lowest BCUT2D eigenvalue weighted by Crippen LogP contribution is -2.51. The van der Waals surface area contributed by atoms with E-state index in [1.807, 2.05) is 13.8 Å². The van der Waals surface area contributed by atoms with Crippen LogP contribution in [0.1, 0.15) is 27.2 Å². The number of hydrogen-bond acceptors (Lipinski definition) is 2. The van der Waals surface area contributed by atoms with Crippen molar-refractivity contribution in [3.05, 3.63) is 0 Å². The van der Waals surface area contributed by atoms with Crippen LogP contribution in [-0.2, 0) is 4.79 Å². The molecule has 0 saturated carbocycles. The summed E-state index contributed by atoms with van der Waals surface area (Å²) in [5, 5.41) is 8.68. The standard InChI is InChI=1S/C7H15NO2.ClH/c1-4-7(8,5(2)3)6(9)10;/h5H,4,8H2,1-3H3,(H,9,10);1H/t7-;/m0./s1. The average molecular weight is 182 g/mol. The molecule has 0 aliphatic carbocycles. The maximum Gasteiger partial charge on any atom is 0.323 e. The minimum Gasteiger partial charge on any atom is -0.480 e. The highest BCUT2D eigenvalue weighted by molar-refractivity contribution is 5.85. The van der Waals surface area contributed by atoms with Crippen LogP contribution in [0.5, 0.6) is 0 Å². The first-order valence-corrected chi connectivity index (χ1v) is 3.47. The SMILES string of the molecule is CC[C@@](N)(C(=O)O)C(C)C.Cl. The minimum absolute atomic E-state index is 0. The Labute approximate surface area is 73.4 Å². The number of carboxylic acid groups (broad SMARTS) is 1. The smallest absolute Gasteiger partial charge is 0.323 e. The summed E-state index contributed by atoms with van der Waals surface area (Å²) in [6.07, 6.45) is 0.472. The van der Waals surface area contributed by atoms with Gasteiger partial charge in [-0.1, -0.05) is 20.8 Å². The van der Waals surface area contributed by atoms with Gasteiger partial charge in [0.05, 0.1) is 0 Å². The van der Waals surface area contributed by atoms with Crippen molar-refractivity contribution in [2.24, 2.45) is 11.7 Å². The second kappa shape index (κ2) is 4.57. The first kappa shape index (κ1) is 13.3. The van der Waals surface area contributed by atoms with E-state index in [0.29, 0.717) is 6.42 Å². The first-order valence-electron chi connectivity index (χ1n) is 3.47.